The predicted octanol–water partition coefficient (Wildman–Crippen LogP) is 6.27. The summed E-state index contributed by atoms with van der Waals surface area (Å²) in [5.74, 6) is 0.981. The van der Waals surface area contributed by atoms with E-state index in [9.17, 15) is 0 Å². The summed E-state index contributed by atoms with van der Waals surface area (Å²) >= 11 is 0. The summed E-state index contributed by atoms with van der Waals surface area (Å²) in [6.07, 6.45) is 9.10. The van der Waals surface area contributed by atoms with Gasteiger partial charge in [0.05, 0.1) is 0 Å². The summed E-state index contributed by atoms with van der Waals surface area (Å²) in [6, 6.07) is 30.1. The monoisotopic (exact) mass is 419 g/mol. The molecule has 158 valence electrons. The van der Waals surface area contributed by atoms with Gasteiger partial charge in [-0.3, -0.25) is 0 Å². The first-order valence-electron chi connectivity index (χ1n) is 11.1. The number of nitrogens with two attached hydrogens (primary N) is 1. The lowest BCUT2D eigenvalue weighted by Crippen LogP contribution is -2.05. The van der Waals surface area contributed by atoms with E-state index in [0.717, 1.165) is 31.4 Å². The summed E-state index contributed by atoms with van der Waals surface area (Å²) in [5, 5.41) is 0. The molecule has 0 spiro atoms. The fourth-order valence-corrected chi connectivity index (χ4v) is 5.65. The van der Waals surface area contributed by atoms with Crippen molar-refractivity contribution in [3.8, 4) is 5.75 Å². The maximum Gasteiger partial charge on any atom is 0.119 e. The van der Waals surface area contributed by atoms with Crippen LogP contribution in [0.2, 0.25) is 0 Å². The molecular formula is C27H34NOP. The lowest BCUT2D eigenvalue weighted by molar-refractivity contribution is 0.387. The molecule has 3 aromatic carbocycles. The quantitative estimate of drug-likeness (QED) is 0.331. The minimum Gasteiger partial charge on any atom is -0.489 e. The van der Waals surface area contributed by atoms with Crippen LogP contribution in [0.1, 0.15) is 29.5 Å². The molecule has 0 heterocycles. The van der Waals surface area contributed by atoms with Crippen molar-refractivity contribution >= 4 is 7.92 Å². The molecule has 2 N–H and O–H groups in total. The molecule has 3 heteroatoms. The van der Waals surface area contributed by atoms with Crippen LogP contribution in [0.3, 0.4) is 0 Å². The predicted molar refractivity (Wildman–Crippen MR) is 131 cm³/mol. The van der Waals surface area contributed by atoms with E-state index in [0.29, 0.717) is 6.54 Å². The van der Waals surface area contributed by atoms with E-state index in [1.165, 1.54) is 41.9 Å². The average Bonchev–Trinajstić information content (AvgIpc) is 2.80. The summed E-state index contributed by atoms with van der Waals surface area (Å²) in [5.41, 5.74) is 9.80. The normalized spacial score (nSPS) is 11.0. The van der Waals surface area contributed by atoms with Crippen molar-refractivity contribution in [2.45, 2.75) is 32.1 Å². The molecule has 30 heavy (non-hydrogen) atoms. The van der Waals surface area contributed by atoms with Crippen LogP contribution in [0.5, 0.6) is 5.75 Å². The maximum absolute atomic E-state index is 6.20. The first-order valence-corrected chi connectivity index (χ1v) is 13.0. The van der Waals surface area contributed by atoms with Crippen molar-refractivity contribution in [1.82, 2.24) is 0 Å². The number of hydrogen-bond donors (Lipinski definition) is 1. The van der Waals surface area contributed by atoms with E-state index in [1.54, 1.807) is 0 Å². The molecular weight excluding hydrogens is 385 g/mol. The SMILES string of the molecule is NCCc1ccc(OCP(CCCc2ccccc2)CCCc2ccccc2)cc1. The van der Waals surface area contributed by atoms with Crippen LogP contribution < -0.4 is 10.5 Å². The second kappa shape index (κ2) is 13.2. The topological polar surface area (TPSA) is 35.2 Å². The highest BCUT2D eigenvalue weighted by Gasteiger charge is 2.10. The molecule has 3 rings (SSSR count). The Bertz CT molecular complexity index is 775. The van der Waals surface area contributed by atoms with Gasteiger partial charge in [-0.1, -0.05) is 80.7 Å². The standard InChI is InChI=1S/C27H34NOP/c28-20-19-26-15-17-27(18-16-26)29-23-30(21-7-13-24-9-3-1-4-10-24)22-8-14-25-11-5-2-6-12-25/h1-6,9-12,15-18H,7-8,13-14,19-23,28H2. The number of aryl methyl sites for hydroxylation is 2. The van der Waals surface area contributed by atoms with Crippen molar-refractivity contribution in [3.05, 3.63) is 102 Å². The molecule has 0 aliphatic heterocycles. The van der Waals surface area contributed by atoms with Gasteiger partial charge in [0.1, 0.15) is 12.1 Å². The molecule has 0 amide bonds. The van der Waals surface area contributed by atoms with Gasteiger partial charge < -0.3 is 10.5 Å². The van der Waals surface area contributed by atoms with E-state index < -0.39 is 0 Å². The van der Waals surface area contributed by atoms with Crippen molar-refractivity contribution in [3.63, 3.8) is 0 Å². The first-order chi connectivity index (χ1) is 14.8. The van der Waals surface area contributed by atoms with E-state index >= 15 is 0 Å². The summed E-state index contributed by atoms with van der Waals surface area (Å²) in [4.78, 5) is 0. The van der Waals surface area contributed by atoms with Crippen LogP contribution in [0.25, 0.3) is 0 Å². The summed E-state index contributed by atoms with van der Waals surface area (Å²) < 4.78 is 6.20. The molecule has 0 saturated carbocycles. The number of benzene rings is 3. The van der Waals surface area contributed by atoms with Crippen LogP contribution >= 0.6 is 7.92 Å². The van der Waals surface area contributed by atoms with Crippen LogP contribution in [0.15, 0.2) is 84.9 Å². The van der Waals surface area contributed by atoms with E-state index in [1.807, 2.05) is 0 Å². The van der Waals surface area contributed by atoms with E-state index in [2.05, 4.69) is 84.9 Å². The lowest BCUT2D eigenvalue weighted by Gasteiger charge is -2.19. The molecule has 0 fully saturated rings. The molecule has 0 unspecified atom stereocenters. The molecule has 0 saturated heterocycles. The second-order valence-electron chi connectivity index (χ2n) is 7.75. The number of ether oxygens (including phenoxy) is 1. The first kappa shape index (κ1) is 22.5. The van der Waals surface area contributed by atoms with Gasteiger partial charge in [-0.15, -0.1) is 0 Å². The molecule has 3 aromatic rings. The highest BCUT2D eigenvalue weighted by Crippen LogP contribution is 2.38. The Labute approximate surface area is 183 Å². The fraction of sp³-hybridized carbons (Fsp3) is 0.333. The highest BCUT2D eigenvalue weighted by molar-refractivity contribution is 7.57. The molecule has 0 atom stereocenters. The van der Waals surface area contributed by atoms with Gasteiger partial charge in [-0.25, -0.2) is 0 Å². The zero-order chi connectivity index (χ0) is 20.9. The van der Waals surface area contributed by atoms with Crippen LogP contribution in [0, 0.1) is 0 Å². The fourth-order valence-electron chi connectivity index (χ4n) is 3.63. The zero-order valence-electron chi connectivity index (χ0n) is 17.9. The number of rotatable bonds is 13. The Morgan fingerprint density at radius 2 is 1.10 bits per heavy atom. The zero-order valence-corrected chi connectivity index (χ0v) is 18.8. The van der Waals surface area contributed by atoms with Gasteiger partial charge in [0, 0.05) is 0 Å². The highest BCUT2D eigenvalue weighted by atomic mass is 31.1. The van der Waals surface area contributed by atoms with Crippen molar-refractivity contribution in [1.29, 1.82) is 0 Å². The Balaban J connectivity index is 1.49. The maximum atomic E-state index is 6.20. The molecule has 2 nitrogen and oxygen atoms in total. The largest absolute Gasteiger partial charge is 0.489 e. The molecule has 0 radical (unpaired) electrons. The Morgan fingerprint density at radius 1 is 0.600 bits per heavy atom. The van der Waals surface area contributed by atoms with Crippen molar-refractivity contribution in [2.75, 3.05) is 25.2 Å². The summed E-state index contributed by atoms with van der Waals surface area (Å²) in [7, 11) is -0.133. The molecule has 0 aliphatic rings. The lowest BCUT2D eigenvalue weighted by atomic mass is 10.1. The van der Waals surface area contributed by atoms with E-state index in [-0.39, 0.29) is 7.92 Å². The second-order valence-corrected chi connectivity index (χ2v) is 10.2. The molecule has 0 bridgehead atoms. The van der Waals surface area contributed by atoms with Crippen LogP contribution in [-0.2, 0) is 19.3 Å². The third-order valence-electron chi connectivity index (χ3n) is 5.34. The number of hydrogen-bond acceptors (Lipinski definition) is 2. The Kier molecular flexibility index (Phi) is 9.92. The van der Waals surface area contributed by atoms with Crippen LogP contribution in [0.4, 0.5) is 0 Å². The average molecular weight is 420 g/mol. The van der Waals surface area contributed by atoms with Gasteiger partial charge in [0.2, 0.25) is 0 Å². The van der Waals surface area contributed by atoms with Gasteiger partial charge >= 0.3 is 0 Å². The Morgan fingerprint density at radius 3 is 1.60 bits per heavy atom. The molecule has 0 aliphatic carbocycles. The van der Waals surface area contributed by atoms with Gasteiger partial charge in [0.15, 0.2) is 0 Å². The van der Waals surface area contributed by atoms with Gasteiger partial charge in [-0.05, 0) is 79.8 Å². The summed E-state index contributed by atoms with van der Waals surface area (Å²) in [6.45, 7) is 0.689. The Hall–Kier alpha value is -2.15. The smallest absolute Gasteiger partial charge is 0.119 e. The minimum atomic E-state index is -0.133. The van der Waals surface area contributed by atoms with Crippen molar-refractivity contribution in [2.24, 2.45) is 5.73 Å². The third kappa shape index (κ3) is 8.30. The van der Waals surface area contributed by atoms with E-state index in [4.69, 9.17) is 10.5 Å². The minimum absolute atomic E-state index is 0.133. The van der Waals surface area contributed by atoms with Gasteiger partial charge in [0.25, 0.3) is 0 Å². The molecule has 0 aromatic heterocycles. The van der Waals surface area contributed by atoms with Gasteiger partial charge in [-0.2, -0.15) is 0 Å². The van der Waals surface area contributed by atoms with Crippen molar-refractivity contribution < 1.29 is 4.74 Å². The van der Waals surface area contributed by atoms with Crippen LogP contribution in [-0.4, -0.2) is 25.2 Å². The third-order valence-corrected chi connectivity index (χ3v) is 7.73.